The molecule has 1 aromatic carbocycles. The van der Waals surface area contributed by atoms with E-state index in [0.29, 0.717) is 11.7 Å². The summed E-state index contributed by atoms with van der Waals surface area (Å²) in [5, 5.41) is 0. The molecule has 110 valence electrons. The third-order valence-corrected chi connectivity index (χ3v) is 3.29. The van der Waals surface area contributed by atoms with Crippen molar-refractivity contribution < 1.29 is 13.7 Å². The maximum Gasteiger partial charge on any atom is 0.335 e. The van der Waals surface area contributed by atoms with E-state index in [1.807, 2.05) is 18.2 Å². The van der Waals surface area contributed by atoms with E-state index in [-0.39, 0.29) is 5.97 Å². The van der Waals surface area contributed by atoms with Gasteiger partial charge >= 0.3 is 5.97 Å². The predicted octanol–water partition coefficient (Wildman–Crippen LogP) is 4.34. The third-order valence-electron chi connectivity index (χ3n) is 3.07. The van der Waals surface area contributed by atoms with Gasteiger partial charge in [0.2, 0.25) is 0 Å². The van der Waals surface area contributed by atoms with Crippen LogP contribution in [0.5, 0.6) is 5.75 Å². The number of ether oxygens (including phenoxy) is 1. The number of allylic oxidation sites excluding steroid dienone is 4. The summed E-state index contributed by atoms with van der Waals surface area (Å²) in [5.41, 5.74) is 0.894. The van der Waals surface area contributed by atoms with Crippen molar-refractivity contribution in [2.24, 2.45) is 5.92 Å². The van der Waals surface area contributed by atoms with E-state index >= 15 is 0 Å². The SMILES string of the molecule is CC1C=CCCC(OC(=O)/C=C/c2ccc(OS)cc2)=C1. The highest BCUT2D eigenvalue weighted by atomic mass is 32.1. The lowest BCUT2D eigenvalue weighted by Crippen LogP contribution is -2.01. The molecule has 21 heavy (non-hydrogen) atoms. The van der Waals surface area contributed by atoms with Crippen LogP contribution >= 0.6 is 12.9 Å². The lowest BCUT2D eigenvalue weighted by atomic mass is 10.1. The van der Waals surface area contributed by atoms with Gasteiger partial charge in [-0.05, 0) is 42.2 Å². The van der Waals surface area contributed by atoms with Crippen LogP contribution in [0.4, 0.5) is 0 Å². The fourth-order valence-electron chi connectivity index (χ4n) is 2.02. The summed E-state index contributed by atoms with van der Waals surface area (Å²) in [6.45, 7) is 2.07. The molecule has 1 aliphatic carbocycles. The summed E-state index contributed by atoms with van der Waals surface area (Å²) >= 11 is 3.72. The van der Waals surface area contributed by atoms with E-state index in [1.165, 1.54) is 6.08 Å². The van der Waals surface area contributed by atoms with Gasteiger partial charge in [-0.2, -0.15) is 0 Å². The zero-order valence-electron chi connectivity index (χ0n) is 11.9. The van der Waals surface area contributed by atoms with Crippen LogP contribution in [-0.4, -0.2) is 5.97 Å². The zero-order valence-corrected chi connectivity index (χ0v) is 12.8. The average molecular weight is 302 g/mol. The van der Waals surface area contributed by atoms with Crippen molar-refractivity contribution in [3.05, 3.63) is 59.9 Å². The molecule has 1 aliphatic rings. The molecular formula is C17H18O3S. The van der Waals surface area contributed by atoms with Crippen LogP contribution in [0.2, 0.25) is 0 Å². The number of hydrogen-bond donors (Lipinski definition) is 1. The van der Waals surface area contributed by atoms with E-state index < -0.39 is 0 Å². The molecule has 0 amide bonds. The van der Waals surface area contributed by atoms with Crippen molar-refractivity contribution in [3.63, 3.8) is 0 Å². The largest absolute Gasteiger partial charge is 0.429 e. The first kappa shape index (κ1) is 15.4. The maximum atomic E-state index is 11.8. The van der Waals surface area contributed by atoms with Gasteiger partial charge < -0.3 is 8.92 Å². The highest BCUT2D eigenvalue weighted by molar-refractivity contribution is 7.75. The second-order valence-electron chi connectivity index (χ2n) is 4.87. The molecule has 0 aliphatic heterocycles. The van der Waals surface area contributed by atoms with E-state index in [9.17, 15) is 4.79 Å². The summed E-state index contributed by atoms with van der Waals surface area (Å²) in [6.07, 6.45) is 11.0. The Hall–Kier alpha value is -1.94. The summed E-state index contributed by atoms with van der Waals surface area (Å²) in [4.78, 5) is 11.8. The first-order chi connectivity index (χ1) is 10.2. The van der Waals surface area contributed by atoms with Gasteiger partial charge in [-0.15, -0.1) is 0 Å². The zero-order chi connectivity index (χ0) is 15.1. The normalized spacial score (nSPS) is 18.2. The molecule has 0 N–H and O–H groups in total. The lowest BCUT2D eigenvalue weighted by Gasteiger charge is -2.05. The van der Waals surface area contributed by atoms with Crippen LogP contribution < -0.4 is 4.18 Å². The highest BCUT2D eigenvalue weighted by Crippen LogP contribution is 2.18. The smallest absolute Gasteiger partial charge is 0.335 e. The Morgan fingerprint density at radius 2 is 2.10 bits per heavy atom. The quantitative estimate of drug-likeness (QED) is 0.295. The standard InChI is InChI=1S/C17H18O3S/c1-13-4-2-3-5-16(12-13)19-17(18)11-8-14-6-9-15(20-21)10-7-14/h2,4,6-13,21H,3,5H2,1H3/b11-8+. The van der Waals surface area contributed by atoms with Gasteiger partial charge in [0.1, 0.15) is 11.5 Å². The van der Waals surface area contributed by atoms with Crippen molar-refractivity contribution in [2.75, 3.05) is 0 Å². The second-order valence-corrected chi connectivity index (χ2v) is 5.06. The number of benzene rings is 1. The highest BCUT2D eigenvalue weighted by Gasteiger charge is 2.08. The Morgan fingerprint density at radius 1 is 1.33 bits per heavy atom. The number of rotatable bonds is 4. The average Bonchev–Trinajstić information content (AvgIpc) is 2.69. The molecule has 0 fully saturated rings. The van der Waals surface area contributed by atoms with Crippen LogP contribution in [0, 0.1) is 5.92 Å². The number of hydrogen-bond acceptors (Lipinski definition) is 4. The minimum Gasteiger partial charge on any atom is -0.429 e. The molecule has 1 atom stereocenters. The second kappa shape index (κ2) is 7.74. The third kappa shape index (κ3) is 5.16. The number of carbonyl (C=O) groups is 1. The summed E-state index contributed by atoms with van der Waals surface area (Å²) in [5.74, 6) is 1.34. The molecule has 1 unspecified atom stereocenters. The molecule has 1 aromatic rings. The van der Waals surface area contributed by atoms with E-state index in [1.54, 1.807) is 18.2 Å². The van der Waals surface area contributed by atoms with Crippen molar-refractivity contribution in [2.45, 2.75) is 19.8 Å². The molecule has 3 nitrogen and oxygen atoms in total. The van der Waals surface area contributed by atoms with E-state index in [4.69, 9.17) is 8.92 Å². The van der Waals surface area contributed by atoms with E-state index in [0.717, 1.165) is 24.2 Å². The van der Waals surface area contributed by atoms with Gasteiger partial charge in [0, 0.05) is 25.4 Å². The van der Waals surface area contributed by atoms with Gasteiger partial charge in [-0.25, -0.2) is 4.79 Å². The Labute approximate surface area is 130 Å². The molecule has 0 heterocycles. The maximum absolute atomic E-state index is 11.8. The first-order valence-electron chi connectivity index (χ1n) is 6.86. The van der Waals surface area contributed by atoms with Crippen LogP contribution in [0.1, 0.15) is 25.3 Å². The molecule has 0 radical (unpaired) electrons. The van der Waals surface area contributed by atoms with Crippen molar-refractivity contribution in [1.29, 1.82) is 0 Å². The van der Waals surface area contributed by atoms with Crippen LogP contribution in [-0.2, 0) is 9.53 Å². The summed E-state index contributed by atoms with van der Waals surface area (Å²) < 4.78 is 10.1. The molecule has 0 saturated carbocycles. The molecule has 4 heteroatoms. The minimum atomic E-state index is -0.357. The Morgan fingerprint density at radius 3 is 2.81 bits per heavy atom. The fraction of sp³-hybridized carbons (Fsp3) is 0.235. The van der Waals surface area contributed by atoms with Crippen molar-refractivity contribution >= 4 is 25.0 Å². The lowest BCUT2D eigenvalue weighted by molar-refractivity contribution is -0.133. The first-order valence-corrected chi connectivity index (χ1v) is 7.22. The molecule has 2 rings (SSSR count). The number of esters is 1. The topological polar surface area (TPSA) is 35.5 Å². The van der Waals surface area contributed by atoms with Crippen molar-refractivity contribution in [3.8, 4) is 5.75 Å². The van der Waals surface area contributed by atoms with Gasteiger partial charge in [0.05, 0.1) is 0 Å². The van der Waals surface area contributed by atoms with Crippen LogP contribution in [0.15, 0.2) is 54.3 Å². The molecule has 0 aromatic heterocycles. The molecular weight excluding hydrogens is 284 g/mol. The molecule has 0 bridgehead atoms. The van der Waals surface area contributed by atoms with Crippen molar-refractivity contribution in [1.82, 2.24) is 0 Å². The monoisotopic (exact) mass is 302 g/mol. The fourth-order valence-corrected chi connectivity index (χ4v) is 2.14. The number of thiol groups is 1. The van der Waals surface area contributed by atoms with Gasteiger partial charge in [-0.1, -0.05) is 31.2 Å². The number of carbonyl (C=O) groups excluding carboxylic acids is 1. The van der Waals surface area contributed by atoms with E-state index in [2.05, 4.69) is 32.0 Å². The Bertz CT molecular complexity index is 570. The minimum absolute atomic E-state index is 0.299. The summed E-state index contributed by atoms with van der Waals surface area (Å²) in [6, 6.07) is 7.23. The van der Waals surface area contributed by atoms with Crippen LogP contribution in [0.25, 0.3) is 6.08 Å². The molecule has 0 spiro atoms. The predicted molar refractivity (Wildman–Crippen MR) is 86.8 cm³/mol. The summed E-state index contributed by atoms with van der Waals surface area (Å²) in [7, 11) is 0. The Balaban J connectivity index is 1.93. The van der Waals surface area contributed by atoms with Gasteiger partial charge in [-0.3, -0.25) is 0 Å². The molecule has 0 saturated heterocycles. The van der Waals surface area contributed by atoms with Crippen LogP contribution in [0.3, 0.4) is 0 Å². The Kier molecular flexibility index (Phi) is 5.69. The van der Waals surface area contributed by atoms with Gasteiger partial charge in [0.25, 0.3) is 0 Å². The van der Waals surface area contributed by atoms with Gasteiger partial charge in [0.15, 0.2) is 0 Å².